The third kappa shape index (κ3) is 3.79. The first kappa shape index (κ1) is 17.2. The number of benzene rings is 1. The SMILES string of the molecule is CC1C(C(=O)O)CCN1C(=O)c1cc(F)ccc1NS(C)(=O)=O. The molecule has 0 bridgehead atoms. The molecule has 2 rings (SSSR count). The van der Waals surface area contributed by atoms with Crippen molar-refractivity contribution in [3.8, 4) is 0 Å². The van der Waals surface area contributed by atoms with E-state index in [-0.39, 0.29) is 17.8 Å². The lowest BCUT2D eigenvalue weighted by Crippen LogP contribution is -2.38. The van der Waals surface area contributed by atoms with Crippen molar-refractivity contribution in [1.29, 1.82) is 0 Å². The minimum atomic E-state index is -3.64. The number of carboxylic acids is 1. The fourth-order valence-electron chi connectivity index (χ4n) is 2.69. The van der Waals surface area contributed by atoms with Crippen molar-refractivity contribution in [2.45, 2.75) is 19.4 Å². The number of nitrogens with zero attached hydrogens (tertiary/aromatic N) is 1. The van der Waals surface area contributed by atoms with Crippen LogP contribution in [0.1, 0.15) is 23.7 Å². The van der Waals surface area contributed by atoms with E-state index in [4.69, 9.17) is 5.11 Å². The summed E-state index contributed by atoms with van der Waals surface area (Å²) in [6, 6.07) is 2.59. The van der Waals surface area contributed by atoms with Crippen LogP contribution in [0.25, 0.3) is 0 Å². The van der Waals surface area contributed by atoms with Crippen molar-refractivity contribution in [3.05, 3.63) is 29.6 Å². The van der Waals surface area contributed by atoms with Gasteiger partial charge in [-0.3, -0.25) is 14.3 Å². The number of amides is 1. The topological polar surface area (TPSA) is 104 Å². The minimum Gasteiger partial charge on any atom is -0.481 e. The van der Waals surface area contributed by atoms with Crippen LogP contribution in [0.15, 0.2) is 18.2 Å². The van der Waals surface area contributed by atoms with Gasteiger partial charge in [0, 0.05) is 12.6 Å². The molecule has 9 heteroatoms. The van der Waals surface area contributed by atoms with Crippen LogP contribution in [0.4, 0.5) is 10.1 Å². The second-order valence-electron chi connectivity index (χ2n) is 5.54. The van der Waals surface area contributed by atoms with Crippen molar-refractivity contribution in [2.75, 3.05) is 17.5 Å². The Morgan fingerprint density at radius 1 is 1.39 bits per heavy atom. The molecule has 0 aliphatic carbocycles. The highest BCUT2D eigenvalue weighted by Gasteiger charge is 2.39. The second-order valence-corrected chi connectivity index (χ2v) is 7.29. The molecule has 0 aromatic heterocycles. The zero-order valence-electron chi connectivity index (χ0n) is 12.6. The summed E-state index contributed by atoms with van der Waals surface area (Å²) in [6.45, 7) is 1.82. The number of rotatable bonds is 4. The fraction of sp³-hybridized carbons (Fsp3) is 0.429. The molecular formula is C14H17FN2O5S. The van der Waals surface area contributed by atoms with E-state index in [0.717, 1.165) is 18.4 Å². The summed E-state index contributed by atoms with van der Waals surface area (Å²) >= 11 is 0. The molecule has 1 heterocycles. The van der Waals surface area contributed by atoms with Crippen LogP contribution in [-0.4, -0.2) is 49.1 Å². The summed E-state index contributed by atoms with van der Waals surface area (Å²) < 4.78 is 38.4. The number of nitrogens with one attached hydrogen (secondary N) is 1. The van der Waals surface area contributed by atoms with Gasteiger partial charge in [-0.1, -0.05) is 0 Å². The van der Waals surface area contributed by atoms with E-state index in [1.54, 1.807) is 6.92 Å². The Bertz CT molecular complexity index is 750. The number of carboxylic acid groups (broad SMARTS) is 1. The van der Waals surface area contributed by atoms with Crippen LogP contribution in [-0.2, 0) is 14.8 Å². The quantitative estimate of drug-likeness (QED) is 0.852. The number of sulfonamides is 1. The van der Waals surface area contributed by atoms with E-state index in [0.29, 0.717) is 6.42 Å². The van der Waals surface area contributed by atoms with E-state index in [1.165, 1.54) is 11.0 Å². The van der Waals surface area contributed by atoms with Crippen molar-refractivity contribution in [1.82, 2.24) is 4.90 Å². The highest BCUT2D eigenvalue weighted by Crippen LogP contribution is 2.28. The smallest absolute Gasteiger partial charge is 0.308 e. The zero-order chi connectivity index (χ0) is 17.4. The first-order valence-corrected chi connectivity index (χ1v) is 8.80. The third-order valence-electron chi connectivity index (χ3n) is 3.84. The van der Waals surface area contributed by atoms with Crippen LogP contribution in [0.2, 0.25) is 0 Å². The molecule has 2 atom stereocenters. The molecule has 0 spiro atoms. The molecule has 1 aromatic rings. The van der Waals surface area contributed by atoms with Crippen LogP contribution in [0.5, 0.6) is 0 Å². The number of anilines is 1. The predicted octanol–water partition coefficient (Wildman–Crippen LogP) is 1.13. The third-order valence-corrected chi connectivity index (χ3v) is 4.43. The Morgan fingerprint density at radius 2 is 2.04 bits per heavy atom. The lowest BCUT2D eigenvalue weighted by Gasteiger charge is -2.24. The summed E-state index contributed by atoms with van der Waals surface area (Å²) in [7, 11) is -3.64. The maximum Gasteiger partial charge on any atom is 0.308 e. The maximum absolute atomic E-state index is 13.5. The lowest BCUT2D eigenvalue weighted by atomic mass is 10.0. The van der Waals surface area contributed by atoms with Gasteiger partial charge >= 0.3 is 5.97 Å². The van der Waals surface area contributed by atoms with Gasteiger partial charge in [-0.2, -0.15) is 0 Å². The number of halogens is 1. The van der Waals surface area contributed by atoms with Gasteiger partial charge in [-0.05, 0) is 31.5 Å². The summed E-state index contributed by atoms with van der Waals surface area (Å²) in [4.78, 5) is 25.1. The molecule has 1 saturated heterocycles. The normalized spacial score (nSPS) is 21.3. The van der Waals surface area contributed by atoms with Gasteiger partial charge in [0.15, 0.2) is 0 Å². The van der Waals surface area contributed by atoms with E-state index in [2.05, 4.69) is 4.72 Å². The Hall–Kier alpha value is -2.16. The summed E-state index contributed by atoms with van der Waals surface area (Å²) in [5.41, 5.74) is -0.182. The molecular weight excluding hydrogens is 327 g/mol. The van der Waals surface area contributed by atoms with Crippen molar-refractivity contribution in [3.63, 3.8) is 0 Å². The first-order valence-electron chi connectivity index (χ1n) is 6.91. The Labute approximate surface area is 133 Å². The van der Waals surface area contributed by atoms with Gasteiger partial charge in [0.25, 0.3) is 5.91 Å². The average Bonchev–Trinajstić information content (AvgIpc) is 2.80. The van der Waals surface area contributed by atoms with Crippen molar-refractivity contribution < 1.29 is 27.5 Å². The van der Waals surface area contributed by atoms with Gasteiger partial charge < -0.3 is 10.0 Å². The van der Waals surface area contributed by atoms with Crippen LogP contribution < -0.4 is 4.72 Å². The molecule has 7 nitrogen and oxygen atoms in total. The van der Waals surface area contributed by atoms with Crippen LogP contribution in [0, 0.1) is 11.7 Å². The van der Waals surface area contributed by atoms with Gasteiger partial charge in [0.2, 0.25) is 10.0 Å². The molecule has 1 aliphatic heterocycles. The minimum absolute atomic E-state index is 0.0372. The molecule has 0 saturated carbocycles. The van der Waals surface area contributed by atoms with E-state index in [1.807, 2.05) is 0 Å². The zero-order valence-corrected chi connectivity index (χ0v) is 13.4. The number of carbonyl (C=O) groups excluding carboxylic acids is 1. The van der Waals surface area contributed by atoms with Crippen molar-refractivity contribution in [2.24, 2.45) is 5.92 Å². The summed E-state index contributed by atoms with van der Waals surface area (Å²) in [5, 5.41) is 9.12. The number of hydrogen-bond acceptors (Lipinski definition) is 4. The number of likely N-dealkylation sites (tertiary alicyclic amines) is 1. The Morgan fingerprint density at radius 3 is 2.57 bits per heavy atom. The molecule has 0 radical (unpaired) electrons. The van der Waals surface area contributed by atoms with Gasteiger partial charge in [0.1, 0.15) is 5.82 Å². The molecule has 1 aliphatic rings. The Kier molecular flexibility index (Phi) is 4.60. The van der Waals surface area contributed by atoms with Gasteiger partial charge in [-0.15, -0.1) is 0 Å². The summed E-state index contributed by atoms with van der Waals surface area (Å²) in [5.74, 6) is -2.98. The molecule has 23 heavy (non-hydrogen) atoms. The van der Waals surface area contributed by atoms with E-state index >= 15 is 0 Å². The highest BCUT2D eigenvalue weighted by molar-refractivity contribution is 7.92. The molecule has 2 unspecified atom stereocenters. The van der Waals surface area contributed by atoms with Crippen LogP contribution >= 0.6 is 0 Å². The molecule has 2 N–H and O–H groups in total. The van der Waals surface area contributed by atoms with Gasteiger partial charge in [0.05, 0.1) is 23.4 Å². The average molecular weight is 344 g/mol. The van der Waals surface area contributed by atoms with E-state index < -0.39 is 39.7 Å². The maximum atomic E-state index is 13.5. The van der Waals surface area contributed by atoms with Crippen LogP contribution in [0.3, 0.4) is 0 Å². The number of hydrogen-bond donors (Lipinski definition) is 2. The van der Waals surface area contributed by atoms with Crippen molar-refractivity contribution >= 4 is 27.6 Å². The fourth-order valence-corrected chi connectivity index (χ4v) is 3.27. The largest absolute Gasteiger partial charge is 0.481 e. The summed E-state index contributed by atoms with van der Waals surface area (Å²) in [6.07, 6.45) is 1.22. The van der Waals surface area contributed by atoms with Gasteiger partial charge in [-0.25, -0.2) is 12.8 Å². The Balaban J connectivity index is 2.36. The molecule has 1 fully saturated rings. The molecule has 1 amide bonds. The lowest BCUT2D eigenvalue weighted by molar-refractivity contribution is -0.142. The number of aliphatic carboxylic acids is 1. The highest BCUT2D eigenvalue weighted by atomic mass is 32.2. The standard InChI is InChI=1S/C14H17FN2O5S/c1-8-10(14(19)20)5-6-17(8)13(18)11-7-9(15)3-4-12(11)16-23(2,21)22/h3-4,7-8,10,16H,5-6H2,1-2H3,(H,19,20). The number of carbonyl (C=O) groups is 2. The first-order chi connectivity index (χ1) is 10.6. The second kappa shape index (κ2) is 6.15. The molecule has 126 valence electrons. The monoisotopic (exact) mass is 344 g/mol. The molecule has 1 aromatic carbocycles. The van der Waals surface area contributed by atoms with E-state index in [9.17, 15) is 22.4 Å². The predicted molar refractivity (Wildman–Crippen MR) is 81.1 cm³/mol.